The van der Waals surface area contributed by atoms with Gasteiger partial charge in [0, 0.05) is 38.3 Å². The Morgan fingerprint density at radius 2 is 1.71 bits per heavy atom. The van der Waals surface area contributed by atoms with E-state index in [4.69, 9.17) is 14.7 Å². The molecule has 2 N–H and O–H groups in total. The smallest absolute Gasteiger partial charge is 0.296 e. The lowest BCUT2D eigenvalue weighted by atomic mass is 10.0. The van der Waals surface area contributed by atoms with E-state index < -0.39 is 6.43 Å². The number of morpholine rings is 1. The molecule has 3 aromatic rings. The first-order valence-electron chi connectivity index (χ1n) is 13.3. The molecule has 1 atom stereocenters. The van der Waals surface area contributed by atoms with Gasteiger partial charge in [-0.1, -0.05) is 12.1 Å². The Morgan fingerprint density at radius 3 is 2.39 bits per heavy atom. The number of carbonyl (C=O) groups excluding carboxylic acids is 1. The Kier molecular flexibility index (Phi) is 7.07. The average Bonchev–Trinajstić information content (AvgIpc) is 3.63. The number of para-hydroxylation sites is 2. The van der Waals surface area contributed by atoms with E-state index >= 15 is 0 Å². The Morgan fingerprint density at radius 1 is 1.00 bits per heavy atom. The number of carbonyl (C=O) groups is 1. The van der Waals surface area contributed by atoms with Crippen molar-refractivity contribution in [1.29, 1.82) is 0 Å². The van der Waals surface area contributed by atoms with Crippen LogP contribution in [0.3, 0.4) is 0 Å². The molecular formula is C26H32F2N8O2. The van der Waals surface area contributed by atoms with Gasteiger partial charge in [0.05, 0.1) is 30.3 Å². The largest absolute Gasteiger partial charge is 0.378 e. The van der Waals surface area contributed by atoms with Crippen molar-refractivity contribution in [3.05, 3.63) is 36.2 Å². The summed E-state index contributed by atoms with van der Waals surface area (Å²) in [6.45, 7) is 4.73. The highest BCUT2D eigenvalue weighted by molar-refractivity contribution is 5.82. The number of imidazole rings is 1. The summed E-state index contributed by atoms with van der Waals surface area (Å²) in [5.41, 5.74) is 1.01. The van der Waals surface area contributed by atoms with Crippen LogP contribution in [0, 0.1) is 0 Å². The van der Waals surface area contributed by atoms with Crippen molar-refractivity contribution in [2.75, 3.05) is 55.7 Å². The highest BCUT2D eigenvalue weighted by Crippen LogP contribution is 2.30. The van der Waals surface area contributed by atoms with Crippen LogP contribution in [0.1, 0.15) is 37.9 Å². The predicted molar refractivity (Wildman–Crippen MR) is 139 cm³/mol. The standard InChI is InChI=1S/C26H32F2N8O2/c27-23(28)24-31-18-4-1-2-6-20(18)36(24)26-32-21(16-22(33-26)35-12-14-38-15-13-35)34-10-7-17(8-11-34)30-25(37)19-5-3-9-29-19/h1-2,4,6,16-17,19,23,29H,3,5,7-15H2,(H,30,37)/t19-/m1/s1. The number of anilines is 2. The van der Waals surface area contributed by atoms with Crippen molar-refractivity contribution in [3.8, 4) is 5.95 Å². The first-order valence-corrected chi connectivity index (χ1v) is 13.3. The summed E-state index contributed by atoms with van der Waals surface area (Å²) in [6.07, 6.45) is 0.678. The van der Waals surface area contributed by atoms with Gasteiger partial charge in [0.1, 0.15) is 11.6 Å². The highest BCUT2D eigenvalue weighted by atomic mass is 19.3. The number of alkyl halides is 2. The van der Waals surface area contributed by atoms with Crippen LogP contribution < -0.4 is 20.4 Å². The number of benzene rings is 1. The molecule has 0 saturated carbocycles. The zero-order valence-electron chi connectivity index (χ0n) is 21.2. The van der Waals surface area contributed by atoms with Gasteiger partial charge in [-0.25, -0.2) is 13.8 Å². The summed E-state index contributed by atoms with van der Waals surface area (Å²) in [5, 5.41) is 6.44. The number of aromatic nitrogens is 4. The van der Waals surface area contributed by atoms with Gasteiger partial charge in [0.2, 0.25) is 11.9 Å². The average molecular weight is 527 g/mol. The van der Waals surface area contributed by atoms with Crippen molar-refractivity contribution in [3.63, 3.8) is 0 Å². The molecule has 38 heavy (non-hydrogen) atoms. The first-order chi connectivity index (χ1) is 18.6. The number of fused-ring (bicyclic) bond motifs is 1. The summed E-state index contributed by atoms with van der Waals surface area (Å²) in [5.74, 6) is 1.23. The maximum atomic E-state index is 14.1. The fourth-order valence-corrected chi connectivity index (χ4v) is 5.49. The molecule has 0 bridgehead atoms. The third kappa shape index (κ3) is 5.02. The number of hydrogen-bond donors (Lipinski definition) is 2. The van der Waals surface area contributed by atoms with Gasteiger partial charge < -0.3 is 25.2 Å². The lowest BCUT2D eigenvalue weighted by Gasteiger charge is -2.34. The van der Waals surface area contributed by atoms with E-state index in [-0.39, 0.29) is 29.8 Å². The number of ether oxygens (including phenoxy) is 1. The molecule has 12 heteroatoms. The van der Waals surface area contributed by atoms with Crippen LogP contribution >= 0.6 is 0 Å². The number of hydrogen-bond acceptors (Lipinski definition) is 8. The fraction of sp³-hybridized carbons (Fsp3) is 0.538. The molecule has 202 valence electrons. The topological polar surface area (TPSA) is 100 Å². The minimum absolute atomic E-state index is 0.0754. The monoisotopic (exact) mass is 526 g/mol. The van der Waals surface area contributed by atoms with Crippen molar-refractivity contribution < 1.29 is 18.3 Å². The fourth-order valence-electron chi connectivity index (χ4n) is 5.49. The number of amides is 1. The highest BCUT2D eigenvalue weighted by Gasteiger charge is 2.29. The predicted octanol–water partition coefficient (Wildman–Crippen LogP) is 2.43. The Balaban J connectivity index is 1.30. The van der Waals surface area contributed by atoms with E-state index in [1.54, 1.807) is 24.3 Å². The number of piperidine rings is 1. The van der Waals surface area contributed by atoms with Gasteiger partial charge >= 0.3 is 0 Å². The number of nitrogens with one attached hydrogen (secondary N) is 2. The lowest BCUT2D eigenvalue weighted by Crippen LogP contribution is -2.49. The maximum absolute atomic E-state index is 14.1. The van der Waals surface area contributed by atoms with Gasteiger partial charge in [-0.05, 0) is 44.4 Å². The van der Waals surface area contributed by atoms with Crippen molar-refractivity contribution >= 4 is 28.6 Å². The van der Waals surface area contributed by atoms with Crippen LogP contribution in [0.5, 0.6) is 0 Å². The second-order valence-electron chi connectivity index (χ2n) is 10.00. The zero-order chi connectivity index (χ0) is 26.1. The van der Waals surface area contributed by atoms with Crippen molar-refractivity contribution in [2.45, 2.75) is 44.2 Å². The minimum Gasteiger partial charge on any atom is -0.378 e. The van der Waals surface area contributed by atoms with Gasteiger partial charge in [0.15, 0.2) is 5.82 Å². The van der Waals surface area contributed by atoms with Crippen LogP contribution in [0.4, 0.5) is 20.4 Å². The second kappa shape index (κ2) is 10.8. The van der Waals surface area contributed by atoms with E-state index in [2.05, 4.69) is 25.4 Å². The molecule has 2 aromatic heterocycles. The van der Waals surface area contributed by atoms with Gasteiger partial charge in [0.25, 0.3) is 6.43 Å². The Labute approximate surface area is 219 Å². The molecule has 10 nitrogen and oxygen atoms in total. The minimum atomic E-state index is -2.78. The maximum Gasteiger partial charge on any atom is 0.296 e. The summed E-state index contributed by atoms with van der Waals surface area (Å²) >= 11 is 0. The van der Waals surface area contributed by atoms with E-state index in [1.807, 2.05) is 6.07 Å². The Bertz CT molecular complexity index is 1280. The summed E-state index contributed by atoms with van der Waals surface area (Å²) in [4.78, 5) is 30.5. The van der Waals surface area contributed by atoms with Crippen LogP contribution in [-0.2, 0) is 9.53 Å². The quantitative estimate of drug-likeness (QED) is 0.505. The van der Waals surface area contributed by atoms with E-state index in [9.17, 15) is 13.6 Å². The first kappa shape index (κ1) is 24.9. The van der Waals surface area contributed by atoms with E-state index in [0.29, 0.717) is 62.1 Å². The normalized spacial score (nSPS) is 21.0. The van der Waals surface area contributed by atoms with Crippen molar-refractivity contribution in [2.24, 2.45) is 0 Å². The lowest BCUT2D eigenvalue weighted by molar-refractivity contribution is -0.123. The third-order valence-corrected chi connectivity index (χ3v) is 7.55. The van der Waals surface area contributed by atoms with Crippen LogP contribution in [0.15, 0.2) is 30.3 Å². The number of halogens is 2. The van der Waals surface area contributed by atoms with E-state index in [1.165, 1.54) is 4.57 Å². The molecule has 3 aliphatic rings. The molecular weight excluding hydrogens is 494 g/mol. The van der Waals surface area contributed by atoms with E-state index in [0.717, 1.165) is 32.2 Å². The summed E-state index contributed by atoms with van der Waals surface area (Å²) < 4.78 is 35.1. The summed E-state index contributed by atoms with van der Waals surface area (Å²) in [7, 11) is 0. The van der Waals surface area contributed by atoms with Crippen LogP contribution in [-0.4, -0.2) is 83.4 Å². The van der Waals surface area contributed by atoms with Crippen molar-refractivity contribution in [1.82, 2.24) is 30.2 Å². The van der Waals surface area contributed by atoms with Gasteiger partial charge in [-0.15, -0.1) is 0 Å². The molecule has 0 unspecified atom stereocenters. The molecule has 1 amide bonds. The number of rotatable bonds is 6. The molecule has 3 fully saturated rings. The third-order valence-electron chi connectivity index (χ3n) is 7.55. The molecule has 0 spiro atoms. The molecule has 5 heterocycles. The zero-order valence-corrected chi connectivity index (χ0v) is 21.2. The van der Waals surface area contributed by atoms with Crippen LogP contribution in [0.2, 0.25) is 0 Å². The second-order valence-corrected chi connectivity index (χ2v) is 10.00. The molecule has 0 aliphatic carbocycles. The van der Waals surface area contributed by atoms with Gasteiger partial charge in [-0.2, -0.15) is 9.97 Å². The molecule has 0 radical (unpaired) electrons. The summed E-state index contributed by atoms with van der Waals surface area (Å²) in [6, 6.07) is 8.97. The molecule has 6 rings (SSSR count). The SMILES string of the molecule is O=C(NC1CCN(c2cc(N3CCOCC3)nc(-n3c(C(F)F)nc4ccccc43)n2)CC1)[C@H]1CCCN1. The Hall–Kier alpha value is -3.38. The molecule has 1 aromatic carbocycles. The molecule has 3 saturated heterocycles. The number of nitrogens with zero attached hydrogens (tertiary/aromatic N) is 6. The molecule has 3 aliphatic heterocycles. The van der Waals surface area contributed by atoms with Gasteiger partial charge in [-0.3, -0.25) is 9.36 Å². The van der Waals surface area contributed by atoms with Crippen LogP contribution in [0.25, 0.3) is 17.0 Å².